The first-order valence-electron chi connectivity index (χ1n) is 10.0. The van der Waals surface area contributed by atoms with Crippen LogP contribution in [0.15, 0.2) is 59.7 Å². The Bertz CT molecular complexity index is 1590. The number of aromatic nitrogens is 4. The lowest BCUT2D eigenvalue weighted by Crippen LogP contribution is -2.18. The second-order valence-electron chi connectivity index (χ2n) is 7.83. The zero-order valence-electron chi connectivity index (χ0n) is 17.7. The summed E-state index contributed by atoms with van der Waals surface area (Å²) in [6.07, 6.45) is 3.47. The van der Waals surface area contributed by atoms with Crippen LogP contribution in [0, 0.1) is 12.7 Å². The highest BCUT2D eigenvalue weighted by atomic mass is 19.1. The predicted octanol–water partition coefficient (Wildman–Crippen LogP) is 4.12. The van der Waals surface area contributed by atoms with E-state index in [2.05, 4.69) is 15.3 Å². The molecule has 0 unspecified atom stereocenters. The first kappa shape index (κ1) is 19.7. The number of hydrogen-bond acceptors (Lipinski definition) is 3. The van der Waals surface area contributed by atoms with E-state index in [0.717, 1.165) is 21.9 Å². The average Bonchev–Trinajstić information content (AvgIpc) is 3.38. The maximum Gasteiger partial charge on any atom is 0.274 e. The number of halogens is 1. The summed E-state index contributed by atoms with van der Waals surface area (Å²) in [7, 11) is 3.41. The third-order valence-corrected chi connectivity index (χ3v) is 5.73. The van der Waals surface area contributed by atoms with Crippen molar-refractivity contribution in [3.8, 4) is 11.3 Å². The van der Waals surface area contributed by atoms with Crippen LogP contribution in [0.5, 0.6) is 0 Å². The number of anilines is 1. The molecule has 0 saturated heterocycles. The van der Waals surface area contributed by atoms with Crippen LogP contribution in [0.1, 0.15) is 16.1 Å². The number of H-pyrrole nitrogens is 1. The van der Waals surface area contributed by atoms with Crippen molar-refractivity contribution in [3.05, 3.63) is 82.3 Å². The summed E-state index contributed by atoms with van der Waals surface area (Å²) < 4.78 is 16.8. The molecule has 4 heterocycles. The monoisotopic (exact) mass is 429 g/mol. The van der Waals surface area contributed by atoms with Crippen LogP contribution in [0.4, 0.5) is 10.2 Å². The lowest BCUT2D eigenvalue weighted by molar-refractivity contribution is 0.101. The lowest BCUT2D eigenvalue weighted by atomic mass is 10.0. The standard InChI is InChI=1S/C24H20FN5O2/c1-13-4-7-20(27-21(13)17-12-29(2)24(32)22-16(17)8-9-26-22)28-23(31)19-10-14-5-6-15(25)11-18(14)30(19)3/h4-12,26H,1-3H3,(H,27,28,31). The Morgan fingerprint density at radius 3 is 2.75 bits per heavy atom. The third kappa shape index (κ3) is 3.08. The minimum absolute atomic E-state index is 0.122. The van der Waals surface area contributed by atoms with Gasteiger partial charge in [0.1, 0.15) is 22.8 Å². The molecule has 7 nitrogen and oxygen atoms in total. The molecule has 0 aliphatic carbocycles. The molecule has 0 spiro atoms. The number of aromatic amines is 1. The van der Waals surface area contributed by atoms with E-state index in [1.54, 1.807) is 49.3 Å². The Morgan fingerprint density at radius 2 is 1.94 bits per heavy atom. The van der Waals surface area contributed by atoms with Crippen molar-refractivity contribution in [2.45, 2.75) is 6.92 Å². The number of hydrogen-bond donors (Lipinski definition) is 2. The summed E-state index contributed by atoms with van der Waals surface area (Å²) in [5, 5.41) is 4.38. The van der Waals surface area contributed by atoms with Crippen LogP contribution in [0.25, 0.3) is 33.1 Å². The highest BCUT2D eigenvalue weighted by Crippen LogP contribution is 2.29. The summed E-state index contributed by atoms with van der Waals surface area (Å²) >= 11 is 0. The Labute approximate surface area is 182 Å². The van der Waals surface area contributed by atoms with Crippen molar-refractivity contribution < 1.29 is 9.18 Å². The highest BCUT2D eigenvalue weighted by molar-refractivity contribution is 6.06. The maximum atomic E-state index is 13.6. The summed E-state index contributed by atoms with van der Waals surface area (Å²) in [5.74, 6) is -0.327. The van der Waals surface area contributed by atoms with Crippen LogP contribution >= 0.6 is 0 Å². The van der Waals surface area contributed by atoms with Gasteiger partial charge in [-0.1, -0.05) is 6.07 Å². The van der Waals surface area contributed by atoms with Gasteiger partial charge in [-0.25, -0.2) is 9.37 Å². The zero-order chi connectivity index (χ0) is 22.6. The predicted molar refractivity (Wildman–Crippen MR) is 122 cm³/mol. The van der Waals surface area contributed by atoms with E-state index in [9.17, 15) is 14.0 Å². The van der Waals surface area contributed by atoms with Crippen molar-refractivity contribution in [1.29, 1.82) is 0 Å². The van der Waals surface area contributed by atoms with Gasteiger partial charge in [0.05, 0.1) is 11.2 Å². The summed E-state index contributed by atoms with van der Waals surface area (Å²) in [6.45, 7) is 1.93. The zero-order valence-corrected chi connectivity index (χ0v) is 17.7. The Morgan fingerprint density at radius 1 is 1.12 bits per heavy atom. The van der Waals surface area contributed by atoms with Gasteiger partial charge in [0.2, 0.25) is 0 Å². The second kappa shape index (κ2) is 7.19. The van der Waals surface area contributed by atoms with Crippen molar-refractivity contribution in [2.24, 2.45) is 14.1 Å². The van der Waals surface area contributed by atoms with E-state index in [0.29, 0.717) is 28.2 Å². The van der Waals surface area contributed by atoms with E-state index in [4.69, 9.17) is 0 Å². The number of nitrogens with zero attached hydrogens (tertiary/aromatic N) is 3. The van der Waals surface area contributed by atoms with E-state index in [-0.39, 0.29) is 17.3 Å². The van der Waals surface area contributed by atoms with Gasteiger partial charge in [0.15, 0.2) is 0 Å². The third-order valence-electron chi connectivity index (χ3n) is 5.73. The number of aryl methyl sites for hydroxylation is 3. The van der Waals surface area contributed by atoms with Gasteiger partial charge in [-0.15, -0.1) is 0 Å². The van der Waals surface area contributed by atoms with Crippen LogP contribution in [-0.4, -0.2) is 25.0 Å². The Kier molecular flexibility index (Phi) is 4.44. The highest BCUT2D eigenvalue weighted by Gasteiger charge is 2.17. The number of carbonyl (C=O) groups is 1. The van der Waals surface area contributed by atoms with E-state index >= 15 is 0 Å². The van der Waals surface area contributed by atoms with Crippen molar-refractivity contribution in [1.82, 2.24) is 19.1 Å². The SMILES string of the molecule is Cc1ccc(NC(=O)c2cc3ccc(F)cc3n2C)nc1-c1cn(C)c(=O)c2[nH]ccc12. The van der Waals surface area contributed by atoms with Crippen molar-refractivity contribution in [2.75, 3.05) is 5.32 Å². The molecule has 0 radical (unpaired) electrons. The molecule has 0 aliphatic heterocycles. The Balaban J connectivity index is 1.55. The molecule has 0 saturated carbocycles. The number of pyridine rings is 2. The minimum Gasteiger partial charge on any atom is -0.357 e. The van der Waals surface area contributed by atoms with Gasteiger partial charge >= 0.3 is 0 Å². The number of nitrogens with one attached hydrogen (secondary N) is 2. The largest absolute Gasteiger partial charge is 0.357 e. The number of benzene rings is 1. The number of amides is 1. The Hall–Kier alpha value is -4.20. The summed E-state index contributed by atoms with van der Waals surface area (Å²) in [4.78, 5) is 33.0. The van der Waals surface area contributed by atoms with E-state index < -0.39 is 0 Å². The number of fused-ring (bicyclic) bond motifs is 2. The molecule has 4 aromatic heterocycles. The topological polar surface area (TPSA) is 84.7 Å². The molecule has 5 aromatic rings. The smallest absolute Gasteiger partial charge is 0.274 e. The van der Waals surface area contributed by atoms with Gasteiger partial charge < -0.3 is 19.4 Å². The van der Waals surface area contributed by atoms with E-state index in [1.807, 2.05) is 19.1 Å². The van der Waals surface area contributed by atoms with Crippen LogP contribution in [0.2, 0.25) is 0 Å². The molecule has 5 rings (SSSR count). The first-order valence-corrected chi connectivity index (χ1v) is 10.0. The fourth-order valence-corrected chi connectivity index (χ4v) is 4.03. The fraction of sp³-hybridized carbons (Fsp3) is 0.125. The van der Waals surface area contributed by atoms with Gasteiger partial charge in [0.25, 0.3) is 11.5 Å². The van der Waals surface area contributed by atoms with Gasteiger partial charge in [0, 0.05) is 42.8 Å². The summed E-state index contributed by atoms with van der Waals surface area (Å²) in [5.41, 5.74) is 3.77. The van der Waals surface area contributed by atoms with Crippen LogP contribution < -0.4 is 10.9 Å². The first-order chi connectivity index (χ1) is 15.3. The molecule has 0 bridgehead atoms. The fourth-order valence-electron chi connectivity index (χ4n) is 4.03. The quantitative estimate of drug-likeness (QED) is 0.452. The van der Waals surface area contributed by atoms with Crippen LogP contribution in [0.3, 0.4) is 0 Å². The molecule has 1 amide bonds. The molecule has 32 heavy (non-hydrogen) atoms. The lowest BCUT2D eigenvalue weighted by Gasteiger charge is -2.12. The minimum atomic E-state index is -0.358. The molecule has 8 heteroatoms. The molecule has 2 N–H and O–H groups in total. The average molecular weight is 429 g/mol. The van der Waals surface area contributed by atoms with Gasteiger partial charge in [-0.2, -0.15) is 0 Å². The van der Waals surface area contributed by atoms with E-state index in [1.165, 1.54) is 16.7 Å². The maximum absolute atomic E-state index is 13.6. The molecular weight excluding hydrogens is 409 g/mol. The molecular formula is C24H20FN5O2. The summed E-state index contributed by atoms with van der Waals surface area (Å²) in [6, 6.07) is 11.6. The normalized spacial score (nSPS) is 11.4. The molecule has 0 fully saturated rings. The molecule has 1 aromatic carbocycles. The van der Waals surface area contributed by atoms with Crippen molar-refractivity contribution in [3.63, 3.8) is 0 Å². The van der Waals surface area contributed by atoms with Gasteiger partial charge in [-0.3, -0.25) is 9.59 Å². The molecule has 0 aliphatic rings. The molecule has 0 atom stereocenters. The van der Waals surface area contributed by atoms with Crippen LogP contribution in [-0.2, 0) is 14.1 Å². The van der Waals surface area contributed by atoms with Crippen molar-refractivity contribution >= 4 is 33.5 Å². The molecule has 160 valence electrons. The number of carbonyl (C=O) groups excluding carboxylic acids is 1. The second-order valence-corrected chi connectivity index (χ2v) is 7.83. The van der Waals surface area contributed by atoms with Gasteiger partial charge in [-0.05, 0) is 48.9 Å². The number of rotatable bonds is 3.